The van der Waals surface area contributed by atoms with Gasteiger partial charge in [-0.2, -0.15) is 0 Å². The Morgan fingerprint density at radius 2 is 1.68 bits per heavy atom. The summed E-state index contributed by atoms with van der Waals surface area (Å²) in [6, 6.07) is 18.1. The number of amides is 1. The van der Waals surface area contributed by atoms with E-state index in [1.807, 2.05) is 26.0 Å². The minimum atomic E-state index is -3.79. The lowest BCUT2D eigenvalue weighted by Gasteiger charge is -2.16. The second-order valence-corrected chi connectivity index (χ2v) is 9.74. The molecule has 0 unspecified atom stereocenters. The van der Waals surface area contributed by atoms with Crippen molar-refractivity contribution in [2.24, 2.45) is 0 Å². The number of sulfonamides is 1. The quantitative estimate of drug-likeness (QED) is 0.402. The van der Waals surface area contributed by atoms with Crippen molar-refractivity contribution in [2.45, 2.75) is 31.7 Å². The SMILES string of the molecule is CCOc1ccc(NS(=O)(=O)c2ccc(OCC(=O)N[C@@H](C)c3ccc(Cl)cc3)c(C)c2)cc1. The lowest BCUT2D eigenvalue weighted by molar-refractivity contribution is -0.123. The van der Waals surface area contributed by atoms with E-state index >= 15 is 0 Å². The maximum Gasteiger partial charge on any atom is 0.261 e. The van der Waals surface area contributed by atoms with Gasteiger partial charge < -0.3 is 14.8 Å². The van der Waals surface area contributed by atoms with E-state index in [1.165, 1.54) is 18.2 Å². The number of aryl methyl sites for hydroxylation is 1. The van der Waals surface area contributed by atoms with E-state index in [-0.39, 0.29) is 23.5 Å². The zero-order valence-electron chi connectivity index (χ0n) is 19.2. The zero-order valence-corrected chi connectivity index (χ0v) is 20.7. The lowest BCUT2D eigenvalue weighted by Crippen LogP contribution is -2.31. The summed E-state index contributed by atoms with van der Waals surface area (Å²) in [6.45, 7) is 5.79. The monoisotopic (exact) mass is 502 g/mol. The number of benzene rings is 3. The maximum absolute atomic E-state index is 12.8. The van der Waals surface area contributed by atoms with Gasteiger partial charge in [0.2, 0.25) is 0 Å². The van der Waals surface area contributed by atoms with Crippen LogP contribution in [0.2, 0.25) is 5.02 Å². The highest BCUT2D eigenvalue weighted by Crippen LogP contribution is 2.24. The molecule has 0 radical (unpaired) electrons. The van der Waals surface area contributed by atoms with Gasteiger partial charge in [0, 0.05) is 10.7 Å². The molecule has 0 saturated carbocycles. The fourth-order valence-corrected chi connectivity index (χ4v) is 4.48. The molecule has 34 heavy (non-hydrogen) atoms. The summed E-state index contributed by atoms with van der Waals surface area (Å²) < 4.78 is 39.1. The summed E-state index contributed by atoms with van der Waals surface area (Å²) in [4.78, 5) is 12.4. The normalized spacial score (nSPS) is 12.0. The van der Waals surface area contributed by atoms with Crippen LogP contribution in [0, 0.1) is 6.92 Å². The van der Waals surface area contributed by atoms with Crippen molar-refractivity contribution in [3.63, 3.8) is 0 Å². The van der Waals surface area contributed by atoms with E-state index in [0.29, 0.717) is 34.4 Å². The molecule has 0 spiro atoms. The Hall–Kier alpha value is -3.23. The van der Waals surface area contributed by atoms with Crippen LogP contribution in [0.15, 0.2) is 71.6 Å². The van der Waals surface area contributed by atoms with Gasteiger partial charge in [0.25, 0.3) is 15.9 Å². The Bertz CT molecular complexity index is 1230. The average Bonchev–Trinajstić information content (AvgIpc) is 2.80. The van der Waals surface area contributed by atoms with Crippen molar-refractivity contribution in [3.05, 3.63) is 82.9 Å². The standard InChI is InChI=1S/C25H27ClN2O5S/c1-4-32-22-11-9-21(10-12-22)28-34(30,31)23-13-14-24(17(2)15-23)33-16-25(29)27-18(3)19-5-7-20(26)8-6-19/h5-15,18,28H,4,16H2,1-3H3,(H,27,29)/t18-/m0/s1. The van der Waals surface area contributed by atoms with Crippen molar-refractivity contribution < 1.29 is 22.7 Å². The molecule has 0 saturated heterocycles. The van der Waals surface area contributed by atoms with Crippen molar-refractivity contribution in [3.8, 4) is 11.5 Å². The Balaban J connectivity index is 1.59. The van der Waals surface area contributed by atoms with Gasteiger partial charge in [0.1, 0.15) is 11.5 Å². The number of hydrogen-bond donors (Lipinski definition) is 2. The first kappa shape index (κ1) is 25.4. The fraction of sp³-hybridized carbons (Fsp3) is 0.240. The molecule has 0 aliphatic carbocycles. The summed E-state index contributed by atoms with van der Waals surface area (Å²) in [5.74, 6) is 0.791. The van der Waals surface area contributed by atoms with Gasteiger partial charge in [-0.25, -0.2) is 8.42 Å². The van der Waals surface area contributed by atoms with Gasteiger partial charge in [-0.3, -0.25) is 9.52 Å². The fourth-order valence-electron chi connectivity index (χ4n) is 3.21. The molecule has 0 aromatic heterocycles. The molecule has 0 bridgehead atoms. The number of rotatable bonds is 10. The van der Waals surface area contributed by atoms with Gasteiger partial charge >= 0.3 is 0 Å². The van der Waals surface area contributed by atoms with Gasteiger partial charge in [-0.15, -0.1) is 0 Å². The van der Waals surface area contributed by atoms with Gasteiger partial charge in [-0.05, 0) is 86.5 Å². The molecule has 1 atom stereocenters. The Morgan fingerprint density at radius 3 is 2.29 bits per heavy atom. The third-order valence-corrected chi connectivity index (χ3v) is 6.61. The maximum atomic E-state index is 12.8. The van der Waals surface area contributed by atoms with E-state index in [2.05, 4.69) is 10.0 Å². The van der Waals surface area contributed by atoms with E-state index in [0.717, 1.165) is 5.56 Å². The van der Waals surface area contributed by atoms with Crippen LogP contribution < -0.4 is 19.5 Å². The second-order valence-electron chi connectivity index (χ2n) is 7.62. The van der Waals surface area contributed by atoms with Crippen LogP contribution in [-0.4, -0.2) is 27.5 Å². The number of ether oxygens (including phenoxy) is 2. The molecule has 180 valence electrons. The number of hydrogen-bond acceptors (Lipinski definition) is 5. The number of halogens is 1. The van der Waals surface area contributed by atoms with Gasteiger partial charge in [0.05, 0.1) is 17.5 Å². The molecule has 7 nitrogen and oxygen atoms in total. The summed E-state index contributed by atoms with van der Waals surface area (Å²) in [6.07, 6.45) is 0. The molecule has 3 aromatic rings. The summed E-state index contributed by atoms with van der Waals surface area (Å²) >= 11 is 5.90. The van der Waals surface area contributed by atoms with Gasteiger partial charge in [-0.1, -0.05) is 23.7 Å². The lowest BCUT2D eigenvalue weighted by atomic mass is 10.1. The third-order valence-electron chi connectivity index (χ3n) is 4.98. The van der Waals surface area contributed by atoms with E-state index in [4.69, 9.17) is 21.1 Å². The van der Waals surface area contributed by atoms with Crippen LogP contribution in [0.5, 0.6) is 11.5 Å². The van der Waals surface area contributed by atoms with Crippen LogP contribution in [-0.2, 0) is 14.8 Å². The summed E-state index contributed by atoms with van der Waals surface area (Å²) in [5.41, 5.74) is 1.93. The average molecular weight is 503 g/mol. The number of carbonyl (C=O) groups is 1. The molecule has 0 fully saturated rings. The van der Waals surface area contributed by atoms with Crippen LogP contribution in [0.3, 0.4) is 0 Å². The summed E-state index contributed by atoms with van der Waals surface area (Å²) in [7, 11) is -3.79. The highest BCUT2D eigenvalue weighted by molar-refractivity contribution is 7.92. The molecular weight excluding hydrogens is 476 g/mol. The largest absolute Gasteiger partial charge is 0.494 e. The number of nitrogens with one attached hydrogen (secondary N) is 2. The molecule has 3 rings (SSSR count). The van der Waals surface area contributed by atoms with Crippen LogP contribution in [0.4, 0.5) is 5.69 Å². The minimum absolute atomic E-state index is 0.0899. The van der Waals surface area contributed by atoms with Crippen LogP contribution >= 0.6 is 11.6 Å². The smallest absolute Gasteiger partial charge is 0.261 e. The van der Waals surface area contributed by atoms with Crippen LogP contribution in [0.1, 0.15) is 31.0 Å². The first-order valence-corrected chi connectivity index (χ1v) is 12.6. The van der Waals surface area contributed by atoms with Crippen LogP contribution in [0.25, 0.3) is 0 Å². The second kappa shape index (κ2) is 11.3. The molecule has 0 aliphatic heterocycles. The number of anilines is 1. The minimum Gasteiger partial charge on any atom is -0.494 e. The Kier molecular flexibility index (Phi) is 8.41. The Labute approximate surface area is 205 Å². The highest BCUT2D eigenvalue weighted by Gasteiger charge is 2.17. The van der Waals surface area contributed by atoms with Crippen molar-refractivity contribution in [1.29, 1.82) is 0 Å². The molecule has 9 heteroatoms. The zero-order chi connectivity index (χ0) is 24.7. The highest BCUT2D eigenvalue weighted by atomic mass is 35.5. The topological polar surface area (TPSA) is 93.7 Å². The molecule has 0 heterocycles. The van der Waals surface area contributed by atoms with Gasteiger partial charge in [0.15, 0.2) is 6.61 Å². The van der Waals surface area contributed by atoms with E-state index < -0.39 is 10.0 Å². The third kappa shape index (κ3) is 6.88. The molecule has 3 aromatic carbocycles. The molecule has 1 amide bonds. The van der Waals surface area contributed by atoms with E-state index in [9.17, 15) is 13.2 Å². The number of carbonyl (C=O) groups excluding carboxylic acids is 1. The first-order chi connectivity index (χ1) is 16.2. The van der Waals surface area contributed by atoms with E-state index in [1.54, 1.807) is 43.3 Å². The predicted molar refractivity (Wildman–Crippen MR) is 133 cm³/mol. The van der Waals surface area contributed by atoms with Crippen molar-refractivity contribution in [2.75, 3.05) is 17.9 Å². The van der Waals surface area contributed by atoms with Crippen molar-refractivity contribution >= 4 is 33.2 Å². The molecule has 2 N–H and O–H groups in total. The Morgan fingerprint density at radius 1 is 1.00 bits per heavy atom. The molecular formula is C25H27ClN2O5S. The van der Waals surface area contributed by atoms with Crippen molar-refractivity contribution in [1.82, 2.24) is 5.32 Å². The summed E-state index contributed by atoms with van der Waals surface area (Å²) in [5, 5.41) is 3.48. The predicted octanol–water partition coefficient (Wildman–Crippen LogP) is 5.10. The molecule has 0 aliphatic rings. The first-order valence-electron chi connectivity index (χ1n) is 10.7.